The molecule has 2 aromatic heterocycles. The van der Waals surface area contributed by atoms with Gasteiger partial charge in [-0.2, -0.15) is 0 Å². The highest BCUT2D eigenvalue weighted by molar-refractivity contribution is 14.1. The molecule has 0 saturated carbocycles. The van der Waals surface area contributed by atoms with Gasteiger partial charge < -0.3 is 5.73 Å². The first-order valence-electron chi connectivity index (χ1n) is 5.52. The summed E-state index contributed by atoms with van der Waals surface area (Å²) >= 11 is 2.20. The van der Waals surface area contributed by atoms with E-state index in [9.17, 15) is 0 Å². The molecule has 0 saturated heterocycles. The van der Waals surface area contributed by atoms with Gasteiger partial charge in [0.1, 0.15) is 9.52 Å². The van der Waals surface area contributed by atoms with Crippen molar-refractivity contribution in [2.75, 3.05) is 5.73 Å². The molecule has 1 aromatic carbocycles. The van der Waals surface area contributed by atoms with E-state index in [-0.39, 0.29) is 0 Å². The standard InChI is InChI=1S/C14H10IN3/c15-14-11(6-7-12(16)18-14)10-5-1-3-9-4-2-8-17-13(9)10/h1-8H,(H2,16,18). The highest BCUT2D eigenvalue weighted by Gasteiger charge is 2.08. The Bertz CT molecular complexity index is 720. The number of fused-ring (bicyclic) bond motifs is 1. The molecule has 0 unspecified atom stereocenters. The summed E-state index contributed by atoms with van der Waals surface area (Å²) in [5, 5.41) is 1.13. The number of nitrogens with two attached hydrogens (primary N) is 1. The number of benzene rings is 1. The smallest absolute Gasteiger partial charge is 0.124 e. The predicted molar refractivity (Wildman–Crippen MR) is 82.1 cm³/mol. The average Bonchev–Trinajstić information content (AvgIpc) is 2.38. The Labute approximate surface area is 118 Å². The fraction of sp³-hybridized carbons (Fsp3) is 0. The summed E-state index contributed by atoms with van der Waals surface area (Å²) in [5.74, 6) is 0.538. The lowest BCUT2D eigenvalue weighted by atomic mass is 10.0. The van der Waals surface area contributed by atoms with Gasteiger partial charge in [0.15, 0.2) is 0 Å². The van der Waals surface area contributed by atoms with Gasteiger partial charge in [0, 0.05) is 22.7 Å². The molecular formula is C14H10IN3. The van der Waals surface area contributed by atoms with Crippen LogP contribution in [0.4, 0.5) is 5.82 Å². The van der Waals surface area contributed by atoms with Crippen LogP contribution in [0, 0.1) is 3.70 Å². The maximum atomic E-state index is 5.69. The molecule has 0 fully saturated rings. The monoisotopic (exact) mass is 347 g/mol. The summed E-state index contributed by atoms with van der Waals surface area (Å²) in [6.45, 7) is 0. The first kappa shape index (κ1) is 11.4. The average molecular weight is 347 g/mol. The molecule has 0 aliphatic heterocycles. The van der Waals surface area contributed by atoms with Gasteiger partial charge in [-0.3, -0.25) is 4.98 Å². The van der Waals surface area contributed by atoms with Crippen LogP contribution in [-0.2, 0) is 0 Å². The van der Waals surface area contributed by atoms with Gasteiger partial charge >= 0.3 is 0 Å². The van der Waals surface area contributed by atoms with Crippen molar-refractivity contribution in [2.45, 2.75) is 0 Å². The number of hydrogen-bond donors (Lipinski definition) is 1. The van der Waals surface area contributed by atoms with Crippen molar-refractivity contribution in [2.24, 2.45) is 0 Å². The summed E-state index contributed by atoms with van der Waals surface area (Å²) < 4.78 is 0.894. The molecule has 18 heavy (non-hydrogen) atoms. The third-order valence-corrected chi connectivity index (χ3v) is 3.62. The highest BCUT2D eigenvalue weighted by atomic mass is 127. The lowest BCUT2D eigenvalue weighted by molar-refractivity contribution is 1.28. The molecule has 0 spiro atoms. The number of pyridine rings is 2. The molecule has 0 atom stereocenters. The normalized spacial score (nSPS) is 10.7. The van der Waals surface area contributed by atoms with Crippen LogP contribution < -0.4 is 5.73 Å². The van der Waals surface area contributed by atoms with E-state index in [4.69, 9.17) is 5.73 Å². The molecule has 88 valence electrons. The van der Waals surface area contributed by atoms with Crippen LogP contribution in [-0.4, -0.2) is 9.97 Å². The molecule has 0 aliphatic carbocycles. The zero-order chi connectivity index (χ0) is 12.5. The Hall–Kier alpha value is -1.69. The predicted octanol–water partition coefficient (Wildman–Crippen LogP) is 3.48. The van der Waals surface area contributed by atoms with E-state index >= 15 is 0 Å². The number of nitrogens with zero attached hydrogens (tertiary/aromatic N) is 2. The largest absolute Gasteiger partial charge is 0.384 e. The molecular weight excluding hydrogens is 337 g/mol. The minimum Gasteiger partial charge on any atom is -0.384 e. The molecule has 2 heterocycles. The van der Waals surface area contributed by atoms with Crippen LogP contribution in [0.15, 0.2) is 48.7 Å². The maximum absolute atomic E-state index is 5.69. The van der Waals surface area contributed by atoms with Crippen LogP contribution in [0.25, 0.3) is 22.0 Å². The van der Waals surface area contributed by atoms with Gasteiger partial charge in [0.05, 0.1) is 5.52 Å². The van der Waals surface area contributed by atoms with Crippen molar-refractivity contribution in [3.05, 3.63) is 52.4 Å². The Morgan fingerprint density at radius 3 is 2.61 bits per heavy atom. The van der Waals surface area contributed by atoms with E-state index < -0.39 is 0 Å². The van der Waals surface area contributed by atoms with Crippen molar-refractivity contribution < 1.29 is 0 Å². The van der Waals surface area contributed by atoms with Crippen LogP contribution >= 0.6 is 22.6 Å². The van der Waals surface area contributed by atoms with E-state index in [2.05, 4.69) is 50.8 Å². The lowest BCUT2D eigenvalue weighted by Gasteiger charge is -2.07. The number of nitrogen functional groups attached to an aromatic ring is 1. The van der Waals surface area contributed by atoms with E-state index in [0.717, 1.165) is 25.7 Å². The van der Waals surface area contributed by atoms with Gasteiger partial charge in [0.2, 0.25) is 0 Å². The molecule has 0 radical (unpaired) electrons. The Morgan fingerprint density at radius 2 is 1.78 bits per heavy atom. The van der Waals surface area contributed by atoms with Crippen molar-refractivity contribution >= 4 is 39.3 Å². The summed E-state index contributed by atoms with van der Waals surface area (Å²) in [6, 6.07) is 14.0. The van der Waals surface area contributed by atoms with E-state index in [0.29, 0.717) is 5.82 Å². The Morgan fingerprint density at radius 1 is 0.944 bits per heavy atom. The van der Waals surface area contributed by atoms with E-state index in [1.807, 2.05) is 30.5 Å². The van der Waals surface area contributed by atoms with Crippen molar-refractivity contribution in [1.82, 2.24) is 9.97 Å². The number of para-hydroxylation sites is 1. The molecule has 3 rings (SSSR count). The first-order chi connectivity index (χ1) is 8.75. The highest BCUT2D eigenvalue weighted by Crippen LogP contribution is 2.30. The van der Waals surface area contributed by atoms with Crippen LogP contribution in [0.2, 0.25) is 0 Å². The SMILES string of the molecule is Nc1ccc(-c2cccc3cccnc23)c(I)n1. The number of anilines is 1. The maximum Gasteiger partial charge on any atom is 0.124 e. The van der Waals surface area contributed by atoms with E-state index in [1.54, 1.807) is 0 Å². The van der Waals surface area contributed by atoms with Crippen LogP contribution in [0.5, 0.6) is 0 Å². The number of halogens is 1. The summed E-state index contributed by atoms with van der Waals surface area (Å²) in [5.41, 5.74) is 8.83. The molecule has 2 N–H and O–H groups in total. The number of aromatic nitrogens is 2. The summed E-state index contributed by atoms with van der Waals surface area (Å²) in [4.78, 5) is 8.75. The van der Waals surface area contributed by atoms with Gasteiger partial charge in [0.25, 0.3) is 0 Å². The van der Waals surface area contributed by atoms with Crippen LogP contribution in [0.1, 0.15) is 0 Å². The molecule has 0 amide bonds. The fourth-order valence-corrected chi connectivity index (χ4v) is 2.72. The fourth-order valence-electron chi connectivity index (χ4n) is 1.97. The topological polar surface area (TPSA) is 51.8 Å². The lowest BCUT2D eigenvalue weighted by Crippen LogP contribution is -1.95. The van der Waals surface area contributed by atoms with Gasteiger partial charge in [-0.05, 0) is 40.8 Å². The first-order valence-corrected chi connectivity index (χ1v) is 6.60. The zero-order valence-electron chi connectivity index (χ0n) is 9.47. The minimum atomic E-state index is 0.538. The second kappa shape index (κ2) is 4.53. The van der Waals surface area contributed by atoms with Crippen molar-refractivity contribution in [3.8, 4) is 11.1 Å². The molecule has 3 aromatic rings. The quantitative estimate of drug-likeness (QED) is 0.542. The van der Waals surface area contributed by atoms with Gasteiger partial charge in [-0.15, -0.1) is 0 Å². The van der Waals surface area contributed by atoms with Crippen LogP contribution in [0.3, 0.4) is 0 Å². The number of hydrogen-bond acceptors (Lipinski definition) is 3. The minimum absolute atomic E-state index is 0.538. The Kier molecular flexibility index (Phi) is 2.87. The second-order valence-electron chi connectivity index (χ2n) is 3.96. The molecule has 4 heteroatoms. The summed E-state index contributed by atoms with van der Waals surface area (Å²) in [7, 11) is 0. The third-order valence-electron chi connectivity index (χ3n) is 2.79. The Balaban J connectivity index is 2.31. The molecule has 0 bridgehead atoms. The van der Waals surface area contributed by atoms with Gasteiger partial charge in [-0.1, -0.05) is 24.3 Å². The zero-order valence-corrected chi connectivity index (χ0v) is 11.6. The second-order valence-corrected chi connectivity index (χ2v) is 4.98. The van der Waals surface area contributed by atoms with Gasteiger partial charge in [-0.25, -0.2) is 4.98 Å². The van der Waals surface area contributed by atoms with E-state index in [1.165, 1.54) is 0 Å². The van der Waals surface area contributed by atoms with Crippen molar-refractivity contribution in [1.29, 1.82) is 0 Å². The molecule has 0 aliphatic rings. The molecule has 3 nitrogen and oxygen atoms in total. The summed E-state index contributed by atoms with van der Waals surface area (Å²) in [6.07, 6.45) is 1.81. The third kappa shape index (κ3) is 1.92. The number of rotatable bonds is 1. The van der Waals surface area contributed by atoms with Crippen molar-refractivity contribution in [3.63, 3.8) is 0 Å².